The summed E-state index contributed by atoms with van der Waals surface area (Å²) in [6.45, 7) is 4.17. The number of carbonyl (C=O) groups excluding carboxylic acids is 1. The highest BCUT2D eigenvalue weighted by molar-refractivity contribution is 8.13. The number of amides is 1. The molecule has 1 fully saturated rings. The van der Waals surface area contributed by atoms with Crippen molar-refractivity contribution in [1.82, 2.24) is 0 Å². The van der Waals surface area contributed by atoms with E-state index in [9.17, 15) is 13.2 Å². The number of anilines is 1. The maximum absolute atomic E-state index is 11.8. The van der Waals surface area contributed by atoms with Gasteiger partial charge in [-0.25, -0.2) is 8.42 Å². The van der Waals surface area contributed by atoms with Crippen molar-refractivity contribution >= 4 is 31.3 Å². The van der Waals surface area contributed by atoms with E-state index in [1.165, 1.54) is 6.07 Å². The van der Waals surface area contributed by atoms with Crippen molar-refractivity contribution in [2.75, 3.05) is 11.4 Å². The van der Waals surface area contributed by atoms with Crippen LogP contribution < -0.4 is 4.90 Å². The van der Waals surface area contributed by atoms with Crippen LogP contribution >= 0.6 is 10.7 Å². The van der Waals surface area contributed by atoms with E-state index in [4.69, 9.17) is 10.7 Å². The highest BCUT2D eigenvalue weighted by Crippen LogP contribution is 2.33. The Hall–Kier alpha value is -1.07. The molecule has 1 aliphatic rings. The standard InChI is InChI=1S/C12H14ClNO3S/c1-8-5-6-10(18(13,16)17)9(2)12(8)14-7-3-4-11(14)15/h5-6H,3-4,7H2,1-2H3. The van der Waals surface area contributed by atoms with E-state index in [0.29, 0.717) is 24.2 Å². The van der Waals surface area contributed by atoms with Gasteiger partial charge in [-0.1, -0.05) is 6.07 Å². The van der Waals surface area contributed by atoms with Crippen LogP contribution in [0.25, 0.3) is 0 Å². The van der Waals surface area contributed by atoms with E-state index in [-0.39, 0.29) is 10.8 Å². The lowest BCUT2D eigenvalue weighted by molar-refractivity contribution is -0.117. The fourth-order valence-corrected chi connectivity index (χ4v) is 3.58. The normalized spacial score (nSPS) is 16.4. The first-order chi connectivity index (χ1) is 8.32. The lowest BCUT2D eigenvalue weighted by atomic mass is 10.1. The average Bonchev–Trinajstić information content (AvgIpc) is 2.63. The summed E-state index contributed by atoms with van der Waals surface area (Å²) in [5.41, 5.74) is 2.10. The minimum Gasteiger partial charge on any atom is -0.312 e. The first-order valence-corrected chi connectivity index (χ1v) is 7.98. The van der Waals surface area contributed by atoms with E-state index >= 15 is 0 Å². The zero-order chi connectivity index (χ0) is 13.5. The number of rotatable bonds is 2. The van der Waals surface area contributed by atoms with Gasteiger partial charge >= 0.3 is 0 Å². The molecule has 0 aromatic heterocycles. The van der Waals surface area contributed by atoms with Gasteiger partial charge in [0.15, 0.2) is 0 Å². The van der Waals surface area contributed by atoms with Gasteiger partial charge in [-0.3, -0.25) is 4.79 Å². The second kappa shape index (κ2) is 4.55. The van der Waals surface area contributed by atoms with Crippen molar-refractivity contribution in [2.24, 2.45) is 0 Å². The number of hydrogen-bond acceptors (Lipinski definition) is 3. The van der Waals surface area contributed by atoms with Gasteiger partial charge < -0.3 is 4.90 Å². The summed E-state index contributed by atoms with van der Waals surface area (Å²) in [7, 11) is 1.61. The Morgan fingerprint density at radius 3 is 2.44 bits per heavy atom. The molecule has 0 bridgehead atoms. The predicted molar refractivity (Wildman–Crippen MR) is 70.5 cm³/mol. The highest BCUT2D eigenvalue weighted by atomic mass is 35.7. The molecule has 1 heterocycles. The number of nitrogens with zero attached hydrogens (tertiary/aromatic N) is 1. The molecule has 1 amide bonds. The fraction of sp³-hybridized carbons (Fsp3) is 0.417. The second-order valence-electron chi connectivity index (χ2n) is 4.44. The molecular formula is C12H14ClNO3S. The van der Waals surface area contributed by atoms with Crippen molar-refractivity contribution in [3.05, 3.63) is 23.3 Å². The Balaban J connectivity index is 2.63. The molecule has 2 rings (SSSR count). The van der Waals surface area contributed by atoms with E-state index in [1.54, 1.807) is 17.9 Å². The van der Waals surface area contributed by atoms with Gasteiger partial charge in [-0.2, -0.15) is 0 Å². The lowest BCUT2D eigenvalue weighted by Gasteiger charge is -2.22. The molecule has 1 aromatic carbocycles. The van der Waals surface area contributed by atoms with Crippen LogP contribution in [-0.2, 0) is 13.8 Å². The van der Waals surface area contributed by atoms with Crippen molar-refractivity contribution in [3.63, 3.8) is 0 Å². The molecule has 98 valence electrons. The summed E-state index contributed by atoms with van der Waals surface area (Å²) in [4.78, 5) is 13.5. The Bertz CT molecular complexity index is 610. The van der Waals surface area contributed by atoms with Gasteiger partial charge in [-0.15, -0.1) is 0 Å². The highest BCUT2D eigenvalue weighted by Gasteiger charge is 2.27. The van der Waals surface area contributed by atoms with Crippen LogP contribution in [0.15, 0.2) is 17.0 Å². The SMILES string of the molecule is Cc1ccc(S(=O)(=O)Cl)c(C)c1N1CCCC1=O. The van der Waals surface area contributed by atoms with Gasteiger partial charge in [0, 0.05) is 23.6 Å². The zero-order valence-electron chi connectivity index (χ0n) is 10.2. The number of benzene rings is 1. The molecule has 4 nitrogen and oxygen atoms in total. The molecule has 1 aromatic rings. The number of aryl methyl sites for hydroxylation is 1. The smallest absolute Gasteiger partial charge is 0.261 e. The van der Waals surface area contributed by atoms with Gasteiger partial charge in [0.1, 0.15) is 0 Å². The molecule has 0 unspecified atom stereocenters. The molecule has 1 saturated heterocycles. The third-order valence-corrected chi connectivity index (χ3v) is 4.66. The minimum absolute atomic E-state index is 0.0327. The zero-order valence-corrected chi connectivity index (χ0v) is 11.8. The van der Waals surface area contributed by atoms with Gasteiger partial charge in [0.25, 0.3) is 9.05 Å². The van der Waals surface area contributed by atoms with Crippen LogP contribution in [0.3, 0.4) is 0 Å². The Labute approximate surface area is 111 Å². The Kier molecular flexibility index (Phi) is 3.38. The van der Waals surface area contributed by atoms with E-state index in [1.807, 2.05) is 6.92 Å². The summed E-state index contributed by atoms with van der Waals surface area (Å²) < 4.78 is 23.0. The van der Waals surface area contributed by atoms with E-state index < -0.39 is 9.05 Å². The largest absolute Gasteiger partial charge is 0.312 e. The molecular weight excluding hydrogens is 274 g/mol. The van der Waals surface area contributed by atoms with Crippen molar-refractivity contribution < 1.29 is 13.2 Å². The maximum atomic E-state index is 11.8. The van der Waals surface area contributed by atoms with E-state index in [0.717, 1.165) is 12.0 Å². The quantitative estimate of drug-likeness (QED) is 0.785. The fourth-order valence-electron chi connectivity index (χ4n) is 2.38. The number of halogens is 1. The van der Waals surface area contributed by atoms with Crippen LogP contribution in [-0.4, -0.2) is 20.9 Å². The minimum atomic E-state index is -3.79. The van der Waals surface area contributed by atoms with Crippen molar-refractivity contribution in [2.45, 2.75) is 31.6 Å². The topological polar surface area (TPSA) is 54.5 Å². The third kappa shape index (κ3) is 2.24. The molecule has 1 aliphatic heterocycles. The first-order valence-electron chi connectivity index (χ1n) is 5.67. The Morgan fingerprint density at radius 2 is 1.94 bits per heavy atom. The van der Waals surface area contributed by atoms with Gasteiger partial charge in [0.2, 0.25) is 5.91 Å². The maximum Gasteiger partial charge on any atom is 0.261 e. The van der Waals surface area contributed by atoms with Gasteiger partial charge in [0.05, 0.1) is 10.6 Å². The van der Waals surface area contributed by atoms with Crippen LogP contribution in [0.4, 0.5) is 5.69 Å². The van der Waals surface area contributed by atoms with Crippen molar-refractivity contribution in [1.29, 1.82) is 0 Å². The summed E-state index contributed by atoms with van der Waals surface area (Å²) in [5.74, 6) is 0.0327. The van der Waals surface area contributed by atoms with E-state index in [2.05, 4.69) is 0 Å². The Morgan fingerprint density at radius 1 is 1.28 bits per heavy atom. The van der Waals surface area contributed by atoms with Gasteiger partial charge in [-0.05, 0) is 37.5 Å². The summed E-state index contributed by atoms with van der Waals surface area (Å²) in [5, 5.41) is 0. The molecule has 0 spiro atoms. The predicted octanol–water partition coefficient (Wildman–Crippen LogP) is 2.36. The molecule has 6 heteroatoms. The molecule has 0 aliphatic carbocycles. The number of hydrogen-bond donors (Lipinski definition) is 0. The van der Waals surface area contributed by atoms with Crippen LogP contribution in [0, 0.1) is 13.8 Å². The second-order valence-corrected chi connectivity index (χ2v) is 6.98. The number of carbonyl (C=O) groups is 1. The summed E-state index contributed by atoms with van der Waals surface area (Å²) in [6.07, 6.45) is 1.31. The van der Waals surface area contributed by atoms with Crippen molar-refractivity contribution in [3.8, 4) is 0 Å². The van der Waals surface area contributed by atoms with Crippen LogP contribution in [0.1, 0.15) is 24.0 Å². The molecule has 0 saturated carbocycles. The third-order valence-electron chi connectivity index (χ3n) is 3.19. The lowest BCUT2D eigenvalue weighted by Crippen LogP contribution is -2.25. The molecule has 0 atom stereocenters. The average molecular weight is 288 g/mol. The summed E-state index contributed by atoms with van der Waals surface area (Å²) in [6, 6.07) is 3.17. The molecule has 0 N–H and O–H groups in total. The first kappa shape index (κ1) is 13.4. The molecule has 18 heavy (non-hydrogen) atoms. The monoisotopic (exact) mass is 287 g/mol. The van der Waals surface area contributed by atoms with Crippen LogP contribution in [0.2, 0.25) is 0 Å². The van der Waals surface area contributed by atoms with Crippen LogP contribution in [0.5, 0.6) is 0 Å². The summed E-state index contributed by atoms with van der Waals surface area (Å²) >= 11 is 0. The molecule has 0 radical (unpaired) electrons.